The van der Waals surface area contributed by atoms with E-state index in [0.717, 1.165) is 5.52 Å². The maximum absolute atomic E-state index is 3.95. The predicted molar refractivity (Wildman–Crippen MR) is 36.6 cm³/mol. The van der Waals surface area contributed by atoms with E-state index in [-0.39, 0.29) is 5.48 Å². The zero-order chi connectivity index (χ0) is 6.10. The van der Waals surface area contributed by atoms with E-state index in [1.165, 1.54) is 6.33 Å². The van der Waals surface area contributed by atoms with Crippen molar-refractivity contribution in [1.82, 2.24) is 14.6 Å². The minimum Gasteiger partial charge on any atom is -0.412 e. The highest BCUT2D eigenvalue weighted by molar-refractivity contribution is 5.42. The van der Waals surface area contributed by atoms with E-state index in [0.29, 0.717) is 0 Å². The molecule has 0 aromatic carbocycles. The number of aromatic nitrogens is 3. The summed E-state index contributed by atoms with van der Waals surface area (Å²) in [4.78, 5) is 3.85. The maximum Gasteiger partial charge on any atom is 0.136 e. The molecule has 2 aromatic heterocycles. The summed E-state index contributed by atoms with van der Waals surface area (Å²) in [5.74, 6) is 0. The van der Waals surface area contributed by atoms with Gasteiger partial charge in [0.2, 0.25) is 0 Å². The van der Waals surface area contributed by atoms with Crippen molar-refractivity contribution < 1.29 is 5.48 Å². The molecule has 0 bridgehead atoms. The van der Waals surface area contributed by atoms with Crippen molar-refractivity contribution in [3.8, 4) is 0 Å². The van der Waals surface area contributed by atoms with Gasteiger partial charge in [0.25, 0.3) is 0 Å². The highest BCUT2D eigenvalue weighted by Crippen LogP contribution is 1.96. The van der Waals surface area contributed by atoms with Crippen LogP contribution in [-0.2, 0) is 0 Å². The lowest BCUT2D eigenvalue weighted by atomic mass is 10.5. The molecule has 0 spiro atoms. The molecule has 0 saturated heterocycles. The Hall–Kier alpha value is -1.42. The van der Waals surface area contributed by atoms with Gasteiger partial charge in [-0.05, 0) is 12.1 Å². The van der Waals surface area contributed by atoms with Crippen molar-refractivity contribution in [3.63, 3.8) is 0 Å². The largest absolute Gasteiger partial charge is 0.412 e. The number of rotatable bonds is 0. The Balaban J connectivity index is 0.000000500. The number of hydrogen-bond donors (Lipinski definition) is 0. The quantitative estimate of drug-likeness (QED) is 0.509. The maximum atomic E-state index is 3.95. The van der Waals surface area contributed by atoms with Gasteiger partial charge in [-0.25, -0.2) is 9.50 Å². The molecule has 10 heavy (non-hydrogen) atoms. The van der Waals surface area contributed by atoms with E-state index < -0.39 is 0 Å². The lowest BCUT2D eigenvalue weighted by molar-refractivity contribution is 0.824. The smallest absolute Gasteiger partial charge is 0.136 e. The lowest BCUT2D eigenvalue weighted by Crippen LogP contribution is -1.87. The van der Waals surface area contributed by atoms with Crippen molar-refractivity contribution in [1.29, 1.82) is 0 Å². The van der Waals surface area contributed by atoms with Crippen LogP contribution in [0.25, 0.3) is 5.52 Å². The first-order valence-electron chi connectivity index (χ1n) is 2.70. The molecule has 4 nitrogen and oxygen atoms in total. The molecule has 0 aliphatic heterocycles. The van der Waals surface area contributed by atoms with Gasteiger partial charge in [-0.15, -0.1) is 0 Å². The molecule has 0 radical (unpaired) electrons. The first-order valence-corrected chi connectivity index (χ1v) is 2.70. The van der Waals surface area contributed by atoms with Crippen molar-refractivity contribution in [2.45, 2.75) is 0 Å². The van der Waals surface area contributed by atoms with Gasteiger partial charge in [-0.3, -0.25) is 0 Å². The molecule has 0 aliphatic rings. The molecule has 0 unspecified atom stereocenters. The van der Waals surface area contributed by atoms with Gasteiger partial charge in [-0.1, -0.05) is 0 Å². The molecular formula is C6H7N3O. The molecule has 0 saturated carbocycles. The minimum absolute atomic E-state index is 0. The Morgan fingerprint density at radius 2 is 2.30 bits per heavy atom. The third kappa shape index (κ3) is 0.844. The van der Waals surface area contributed by atoms with E-state index in [4.69, 9.17) is 0 Å². The number of nitrogens with zero attached hydrogens (tertiary/aromatic N) is 3. The van der Waals surface area contributed by atoms with Crippen molar-refractivity contribution in [2.75, 3.05) is 0 Å². The van der Waals surface area contributed by atoms with Crippen LogP contribution >= 0.6 is 0 Å². The zero-order valence-electron chi connectivity index (χ0n) is 5.23. The molecular weight excluding hydrogens is 130 g/mol. The standard InChI is InChI=1S/C6H5N3.H2O/c1-2-6-4-7-5-8-9(6)3-1;/h1-5H;1H2. The molecule has 0 aliphatic carbocycles. The topological polar surface area (TPSA) is 61.7 Å². The van der Waals surface area contributed by atoms with Gasteiger partial charge in [0.05, 0.1) is 11.7 Å². The molecule has 2 rings (SSSR count). The minimum atomic E-state index is 0. The van der Waals surface area contributed by atoms with E-state index in [1.807, 2.05) is 18.3 Å². The summed E-state index contributed by atoms with van der Waals surface area (Å²) >= 11 is 0. The monoisotopic (exact) mass is 137 g/mol. The van der Waals surface area contributed by atoms with Crippen molar-refractivity contribution in [3.05, 3.63) is 30.9 Å². The average Bonchev–Trinajstić information content (AvgIpc) is 2.33. The van der Waals surface area contributed by atoms with Crippen LogP contribution in [0.5, 0.6) is 0 Å². The van der Waals surface area contributed by atoms with Gasteiger partial charge in [0, 0.05) is 6.20 Å². The van der Waals surface area contributed by atoms with E-state index >= 15 is 0 Å². The van der Waals surface area contributed by atoms with Gasteiger partial charge in [0.15, 0.2) is 0 Å². The lowest BCUT2D eigenvalue weighted by Gasteiger charge is -1.86. The van der Waals surface area contributed by atoms with Gasteiger partial charge >= 0.3 is 0 Å². The highest BCUT2D eigenvalue weighted by Gasteiger charge is 1.86. The molecule has 4 heteroatoms. The Bertz CT molecular complexity index is 287. The molecule has 0 amide bonds. The molecule has 2 heterocycles. The SMILES string of the molecule is O.c1cc2cncnn2c1. The fourth-order valence-electron chi connectivity index (χ4n) is 0.788. The van der Waals surface area contributed by atoms with Crippen molar-refractivity contribution >= 4 is 5.52 Å². The Labute approximate surface area is 57.4 Å². The first kappa shape index (κ1) is 6.70. The van der Waals surface area contributed by atoms with E-state index in [9.17, 15) is 0 Å². The molecule has 2 aromatic rings. The third-order valence-corrected chi connectivity index (χ3v) is 1.21. The van der Waals surface area contributed by atoms with Crippen LogP contribution in [0.1, 0.15) is 0 Å². The summed E-state index contributed by atoms with van der Waals surface area (Å²) in [6, 6.07) is 3.89. The average molecular weight is 137 g/mol. The molecule has 0 atom stereocenters. The summed E-state index contributed by atoms with van der Waals surface area (Å²) in [7, 11) is 0. The van der Waals surface area contributed by atoms with Crippen molar-refractivity contribution in [2.24, 2.45) is 0 Å². The molecule has 2 N–H and O–H groups in total. The second-order valence-electron chi connectivity index (χ2n) is 1.79. The summed E-state index contributed by atoms with van der Waals surface area (Å²) in [6.45, 7) is 0. The number of fused-ring (bicyclic) bond motifs is 1. The van der Waals surface area contributed by atoms with Crippen LogP contribution in [0.4, 0.5) is 0 Å². The predicted octanol–water partition coefficient (Wildman–Crippen LogP) is -0.0954. The molecule has 0 fully saturated rings. The van der Waals surface area contributed by atoms with Crippen LogP contribution in [0, 0.1) is 0 Å². The van der Waals surface area contributed by atoms with Crippen LogP contribution in [0.3, 0.4) is 0 Å². The summed E-state index contributed by atoms with van der Waals surface area (Å²) in [5.41, 5.74) is 1.03. The van der Waals surface area contributed by atoms with Gasteiger partial charge in [-0.2, -0.15) is 5.10 Å². The third-order valence-electron chi connectivity index (χ3n) is 1.21. The zero-order valence-corrected chi connectivity index (χ0v) is 5.23. The Morgan fingerprint density at radius 3 is 3.10 bits per heavy atom. The van der Waals surface area contributed by atoms with Crippen LogP contribution in [-0.4, -0.2) is 20.1 Å². The second-order valence-corrected chi connectivity index (χ2v) is 1.79. The summed E-state index contributed by atoms with van der Waals surface area (Å²) in [6.07, 6.45) is 5.18. The van der Waals surface area contributed by atoms with Crippen LogP contribution in [0.15, 0.2) is 30.9 Å². The summed E-state index contributed by atoms with van der Waals surface area (Å²) < 4.78 is 1.77. The normalized spacial score (nSPS) is 9.20. The number of hydrogen-bond acceptors (Lipinski definition) is 2. The first-order chi connectivity index (χ1) is 4.47. The summed E-state index contributed by atoms with van der Waals surface area (Å²) in [5, 5.41) is 3.95. The van der Waals surface area contributed by atoms with Crippen LogP contribution < -0.4 is 0 Å². The molecule has 52 valence electrons. The van der Waals surface area contributed by atoms with E-state index in [2.05, 4.69) is 10.1 Å². The van der Waals surface area contributed by atoms with Gasteiger partial charge in [0.1, 0.15) is 6.33 Å². The second kappa shape index (κ2) is 2.45. The Morgan fingerprint density at radius 1 is 1.40 bits per heavy atom. The fourth-order valence-corrected chi connectivity index (χ4v) is 0.788. The Kier molecular flexibility index (Phi) is 1.64. The van der Waals surface area contributed by atoms with E-state index in [1.54, 1.807) is 10.7 Å². The van der Waals surface area contributed by atoms with Crippen LogP contribution in [0.2, 0.25) is 0 Å². The highest BCUT2D eigenvalue weighted by atomic mass is 16.0. The van der Waals surface area contributed by atoms with Gasteiger partial charge < -0.3 is 5.48 Å². The fraction of sp³-hybridized carbons (Fsp3) is 0.